The molecule has 1 aliphatic rings. The van der Waals surface area contributed by atoms with E-state index in [2.05, 4.69) is 10.1 Å². The van der Waals surface area contributed by atoms with Gasteiger partial charge in [0.1, 0.15) is 5.75 Å². The zero-order chi connectivity index (χ0) is 14.6. The molecule has 0 spiro atoms. The number of rotatable bonds is 5. The van der Waals surface area contributed by atoms with Gasteiger partial charge in [-0.15, -0.1) is 0 Å². The van der Waals surface area contributed by atoms with Crippen molar-refractivity contribution >= 4 is 9.84 Å². The summed E-state index contributed by atoms with van der Waals surface area (Å²) in [6, 6.07) is 6.27. The minimum absolute atomic E-state index is 0.0364. The molecule has 1 aliphatic heterocycles. The van der Waals surface area contributed by atoms with E-state index in [4.69, 9.17) is 0 Å². The number of sulfone groups is 1. The zero-order valence-electron chi connectivity index (χ0n) is 10.9. The highest BCUT2D eigenvalue weighted by Gasteiger charge is 2.24. The Labute approximate surface area is 117 Å². The minimum Gasteiger partial charge on any atom is -0.435 e. The number of hydrogen-bond acceptors (Lipinski definition) is 4. The smallest absolute Gasteiger partial charge is 0.387 e. The zero-order valence-corrected chi connectivity index (χ0v) is 11.7. The molecule has 20 heavy (non-hydrogen) atoms. The van der Waals surface area contributed by atoms with Crippen molar-refractivity contribution < 1.29 is 21.9 Å². The molecule has 2 rings (SSSR count). The summed E-state index contributed by atoms with van der Waals surface area (Å²) in [6.07, 6.45) is 1.52. The van der Waals surface area contributed by atoms with Gasteiger partial charge >= 0.3 is 6.61 Å². The van der Waals surface area contributed by atoms with Crippen molar-refractivity contribution in [3.63, 3.8) is 0 Å². The Bertz CT molecular complexity index is 531. The highest BCUT2D eigenvalue weighted by atomic mass is 32.2. The summed E-state index contributed by atoms with van der Waals surface area (Å²) >= 11 is 0. The van der Waals surface area contributed by atoms with E-state index in [1.165, 1.54) is 12.1 Å². The van der Waals surface area contributed by atoms with Gasteiger partial charge in [-0.1, -0.05) is 12.1 Å². The standard InChI is InChI=1S/C13H17F2NO3S/c14-13(15)19-12-5-3-10(4-6-12)8-16-11-2-1-7-20(17,18)9-11/h3-6,11,13,16H,1-2,7-9H2. The Morgan fingerprint density at radius 1 is 1.30 bits per heavy atom. The maximum absolute atomic E-state index is 12.0. The van der Waals surface area contributed by atoms with Crippen molar-refractivity contribution in [2.24, 2.45) is 0 Å². The first-order valence-electron chi connectivity index (χ1n) is 6.42. The van der Waals surface area contributed by atoms with Gasteiger partial charge in [0.2, 0.25) is 0 Å². The molecular weight excluding hydrogens is 288 g/mol. The van der Waals surface area contributed by atoms with Gasteiger partial charge in [0.05, 0.1) is 11.5 Å². The van der Waals surface area contributed by atoms with E-state index < -0.39 is 16.4 Å². The van der Waals surface area contributed by atoms with Crippen LogP contribution in [0.1, 0.15) is 18.4 Å². The van der Waals surface area contributed by atoms with E-state index >= 15 is 0 Å². The monoisotopic (exact) mass is 305 g/mol. The summed E-state index contributed by atoms with van der Waals surface area (Å²) in [4.78, 5) is 0. The van der Waals surface area contributed by atoms with Crippen LogP contribution in [0.2, 0.25) is 0 Å². The molecule has 4 nitrogen and oxygen atoms in total. The van der Waals surface area contributed by atoms with Gasteiger partial charge in [-0.05, 0) is 30.5 Å². The van der Waals surface area contributed by atoms with Crippen molar-refractivity contribution in [3.05, 3.63) is 29.8 Å². The van der Waals surface area contributed by atoms with E-state index in [9.17, 15) is 17.2 Å². The lowest BCUT2D eigenvalue weighted by molar-refractivity contribution is -0.0498. The summed E-state index contributed by atoms with van der Waals surface area (Å²) in [5.41, 5.74) is 0.898. The number of alkyl halides is 2. The van der Waals surface area contributed by atoms with Crippen molar-refractivity contribution in [3.8, 4) is 5.75 Å². The second-order valence-corrected chi connectivity index (χ2v) is 7.09. The molecular formula is C13H17F2NO3S. The van der Waals surface area contributed by atoms with Crippen LogP contribution in [0.5, 0.6) is 5.75 Å². The third-order valence-electron chi connectivity index (χ3n) is 3.21. The van der Waals surface area contributed by atoms with Crippen LogP contribution in [0, 0.1) is 0 Å². The molecule has 1 fully saturated rings. The average molecular weight is 305 g/mol. The number of hydrogen-bond donors (Lipinski definition) is 1. The van der Waals surface area contributed by atoms with Crippen LogP contribution in [-0.4, -0.2) is 32.6 Å². The van der Waals surface area contributed by atoms with E-state index in [1.54, 1.807) is 12.1 Å². The molecule has 1 saturated heterocycles. The average Bonchev–Trinajstić information content (AvgIpc) is 2.36. The maximum Gasteiger partial charge on any atom is 0.387 e. The molecule has 1 aromatic carbocycles. The van der Waals surface area contributed by atoms with Crippen LogP contribution >= 0.6 is 0 Å². The lowest BCUT2D eigenvalue weighted by Gasteiger charge is -2.23. The first kappa shape index (κ1) is 15.2. The molecule has 1 heterocycles. The van der Waals surface area contributed by atoms with Crippen LogP contribution in [0.25, 0.3) is 0 Å². The maximum atomic E-state index is 12.0. The molecule has 0 amide bonds. The Balaban J connectivity index is 1.85. The molecule has 112 valence electrons. The summed E-state index contributed by atoms with van der Waals surface area (Å²) in [6.45, 7) is -2.32. The third kappa shape index (κ3) is 4.72. The van der Waals surface area contributed by atoms with Gasteiger partial charge in [0.15, 0.2) is 9.84 Å². The largest absolute Gasteiger partial charge is 0.435 e. The fourth-order valence-electron chi connectivity index (χ4n) is 2.23. The molecule has 0 aliphatic carbocycles. The number of halogens is 2. The fraction of sp³-hybridized carbons (Fsp3) is 0.538. The highest BCUT2D eigenvalue weighted by molar-refractivity contribution is 7.91. The van der Waals surface area contributed by atoms with Crippen molar-refractivity contribution in [1.29, 1.82) is 0 Å². The lowest BCUT2D eigenvalue weighted by atomic mass is 10.1. The van der Waals surface area contributed by atoms with Crippen LogP contribution < -0.4 is 10.1 Å². The minimum atomic E-state index is -2.92. The van der Waals surface area contributed by atoms with E-state index in [0.29, 0.717) is 13.0 Å². The molecule has 0 saturated carbocycles. The molecule has 1 aromatic rings. The Morgan fingerprint density at radius 3 is 2.60 bits per heavy atom. The van der Waals surface area contributed by atoms with Crippen LogP contribution in [0.4, 0.5) is 8.78 Å². The summed E-state index contributed by atoms with van der Waals surface area (Å²) in [5, 5.41) is 3.19. The van der Waals surface area contributed by atoms with Gasteiger partial charge in [0.25, 0.3) is 0 Å². The Kier molecular flexibility index (Phi) is 4.93. The molecule has 0 aromatic heterocycles. The van der Waals surface area contributed by atoms with Gasteiger partial charge in [-0.2, -0.15) is 8.78 Å². The molecule has 1 atom stereocenters. The molecule has 0 bridgehead atoms. The number of nitrogens with one attached hydrogen (secondary N) is 1. The second kappa shape index (κ2) is 6.49. The first-order valence-corrected chi connectivity index (χ1v) is 8.24. The molecule has 1 N–H and O–H groups in total. The fourth-order valence-corrected chi connectivity index (χ4v) is 3.91. The summed E-state index contributed by atoms with van der Waals surface area (Å²) in [7, 11) is -2.92. The van der Waals surface area contributed by atoms with E-state index in [-0.39, 0.29) is 23.3 Å². The van der Waals surface area contributed by atoms with Crippen LogP contribution in [0.3, 0.4) is 0 Å². The third-order valence-corrected chi connectivity index (χ3v) is 5.03. The lowest BCUT2D eigenvalue weighted by Crippen LogP contribution is -2.39. The van der Waals surface area contributed by atoms with Crippen molar-refractivity contribution in [1.82, 2.24) is 5.32 Å². The van der Waals surface area contributed by atoms with Crippen molar-refractivity contribution in [2.45, 2.75) is 32.0 Å². The quantitative estimate of drug-likeness (QED) is 0.903. The molecule has 7 heteroatoms. The Hall–Kier alpha value is -1.21. The highest BCUT2D eigenvalue weighted by Crippen LogP contribution is 2.16. The van der Waals surface area contributed by atoms with Crippen LogP contribution in [0.15, 0.2) is 24.3 Å². The van der Waals surface area contributed by atoms with E-state index in [0.717, 1.165) is 12.0 Å². The second-order valence-electron chi connectivity index (χ2n) is 4.86. The number of benzene rings is 1. The Morgan fingerprint density at radius 2 is 2.00 bits per heavy atom. The van der Waals surface area contributed by atoms with Gasteiger partial charge < -0.3 is 10.1 Å². The normalized spacial score (nSPS) is 21.9. The number of ether oxygens (including phenoxy) is 1. The SMILES string of the molecule is O=S1(=O)CCCC(NCc2ccc(OC(F)F)cc2)C1. The first-order chi connectivity index (χ1) is 9.44. The molecule has 1 unspecified atom stereocenters. The summed E-state index contributed by atoms with van der Waals surface area (Å²) < 4.78 is 51.2. The molecule has 0 radical (unpaired) electrons. The van der Waals surface area contributed by atoms with Gasteiger partial charge in [-0.25, -0.2) is 8.42 Å². The topological polar surface area (TPSA) is 55.4 Å². The van der Waals surface area contributed by atoms with Crippen molar-refractivity contribution in [2.75, 3.05) is 11.5 Å². The van der Waals surface area contributed by atoms with Gasteiger partial charge in [0, 0.05) is 12.6 Å². The van der Waals surface area contributed by atoms with Gasteiger partial charge in [-0.3, -0.25) is 0 Å². The van der Waals surface area contributed by atoms with E-state index in [1.807, 2.05) is 0 Å². The predicted octanol–water partition coefficient (Wildman–Crippen LogP) is 1.95. The summed E-state index contributed by atoms with van der Waals surface area (Å²) in [5.74, 6) is 0.550. The van der Waals surface area contributed by atoms with Crippen LogP contribution in [-0.2, 0) is 16.4 Å². The predicted molar refractivity (Wildman–Crippen MR) is 71.6 cm³/mol.